The molecule has 0 radical (unpaired) electrons. The van der Waals surface area contributed by atoms with Crippen LogP contribution in [0.4, 0.5) is 11.6 Å². The first kappa shape index (κ1) is 18.4. The molecule has 1 atom stereocenters. The molecule has 1 fully saturated rings. The van der Waals surface area contributed by atoms with E-state index < -0.39 is 0 Å². The van der Waals surface area contributed by atoms with Crippen LogP contribution < -0.4 is 4.90 Å². The topological polar surface area (TPSA) is 49.3 Å². The van der Waals surface area contributed by atoms with E-state index >= 15 is 0 Å². The van der Waals surface area contributed by atoms with Gasteiger partial charge in [0.2, 0.25) is 5.95 Å². The van der Waals surface area contributed by atoms with E-state index in [1.807, 2.05) is 53.1 Å². The highest BCUT2D eigenvalue weighted by atomic mass is 16.2. The van der Waals surface area contributed by atoms with Crippen molar-refractivity contribution >= 4 is 17.5 Å². The van der Waals surface area contributed by atoms with Crippen molar-refractivity contribution in [1.82, 2.24) is 14.9 Å². The minimum absolute atomic E-state index is 0.0346. The molecule has 1 aromatic heterocycles. The molecule has 1 aliphatic rings. The number of piperidine rings is 1. The summed E-state index contributed by atoms with van der Waals surface area (Å²) in [5.41, 5.74) is 2.35. The van der Waals surface area contributed by atoms with Gasteiger partial charge in [0.05, 0.1) is 0 Å². The lowest BCUT2D eigenvalue weighted by Crippen LogP contribution is -2.43. The molecule has 0 bridgehead atoms. The van der Waals surface area contributed by atoms with Gasteiger partial charge in [0.1, 0.15) is 5.69 Å². The van der Waals surface area contributed by atoms with Gasteiger partial charge in [0.15, 0.2) is 0 Å². The van der Waals surface area contributed by atoms with Crippen molar-refractivity contribution in [3.05, 3.63) is 47.8 Å². The van der Waals surface area contributed by atoms with Crippen molar-refractivity contribution in [3.8, 4) is 0 Å². The smallest absolute Gasteiger partial charge is 0.272 e. The van der Waals surface area contributed by atoms with E-state index in [-0.39, 0.29) is 5.91 Å². The van der Waals surface area contributed by atoms with E-state index in [0.29, 0.717) is 17.7 Å². The first-order valence-electron chi connectivity index (χ1n) is 9.63. The van der Waals surface area contributed by atoms with E-state index in [1.54, 1.807) is 0 Å². The molecule has 26 heavy (non-hydrogen) atoms. The van der Waals surface area contributed by atoms with Gasteiger partial charge in [-0.05, 0) is 57.7 Å². The maximum Gasteiger partial charge on any atom is 0.272 e. The maximum atomic E-state index is 13.1. The van der Waals surface area contributed by atoms with Gasteiger partial charge in [-0.3, -0.25) is 4.79 Å². The number of hydrogen-bond acceptors (Lipinski definition) is 4. The number of hydrogen-bond donors (Lipinski definition) is 0. The van der Waals surface area contributed by atoms with Crippen LogP contribution in [0.1, 0.15) is 55.7 Å². The minimum Gasteiger partial charge on any atom is -0.334 e. The number of anilines is 2. The molecule has 3 rings (SSSR count). The summed E-state index contributed by atoms with van der Waals surface area (Å²) in [6.07, 6.45) is 4.36. The Kier molecular flexibility index (Phi) is 5.86. The van der Waals surface area contributed by atoms with Crippen LogP contribution in [0, 0.1) is 6.92 Å². The van der Waals surface area contributed by atoms with E-state index in [2.05, 4.69) is 23.8 Å². The molecule has 2 heterocycles. The van der Waals surface area contributed by atoms with Crippen molar-refractivity contribution in [2.75, 3.05) is 18.0 Å². The molecule has 0 aliphatic carbocycles. The van der Waals surface area contributed by atoms with Crippen molar-refractivity contribution in [3.63, 3.8) is 0 Å². The molecule has 138 valence electrons. The number of nitrogens with zero attached hydrogens (tertiary/aromatic N) is 4. The van der Waals surface area contributed by atoms with Gasteiger partial charge in [0, 0.05) is 30.5 Å². The second-order valence-corrected chi connectivity index (χ2v) is 6.83. The standard InChI is InChI=1S/C21H28N4O/c1-4-17-11-9-10-14-25(17)20(26)19-15-16(3)22-21(23-19)24(5-2)18-12-7-6-8-13-18/h6-8,12-13,15,17H,4-5,9-11,14H2,1-3H3. The predicted molar refractivity (Wildman–Crippen MR) is 105 cm³/mol. The molecule has 5 heteroatoms. The summed E-state index contributed by atoms with van der Waals surface area (Å²) in [5, 5.41) is 0. The Morgan fingerprint density at radius 1 is 1.19 bits per heavy atom. The lowest BCUT2D eigenvalue weighted by atomic mass is 9.99. The normalized spacial score (nSPS) is 17.2. The highest BCUT2D eigenvalue weighted by Gasteiger charge is 2.28. The molecule has 1 amide bonds. The Morgan fingerprint density at radius 2 is 1.96 bits per heavy atom. The fourth-order valence-corrected chi connectivity index (χ4v) is 3.67. The number of aromatic nitrogens is 2. The molecule has 2 aromatic rings. The van der Waals surface area contributed by atoms with Gasteiger partial charge in [-0.2, -0.15) is 0 Å². The van der Waals surface area contributed by atoms with E-state index in [1.165, 1.54) is 6.42 Å². The highest BCUT2D eigenvalue weighted by molar-refractivity contribution is 5.93. The average molecular weight is 352 g/mol. The molecule has 0 saturated carbocycles. The first-order valence-corrected chi connectivity index (χ1v) is 9.63. The average Bonchev–Trinajstić information content (AvgIpc) is 2.68. The molecule has 1 unspecified atom stereocenters. The zero-order valence-electron chi connectivity index (χ0n) is 16.0. The number of carbonyl (C=O) groups is 1. The number of carbonyl (C=O) groups excluding carboxylic acids is 1. The number of benzene rings is 1. The van der Waals surface area contributed by atoms with E-state index in [9.17, 15) is 4.79 Å². The van der Waals surface area contributed by atoms with Gasteiger partial charge in [-0.15, -0.1) is 0 Å². The summed E-state index contributed by atoms with van der Waals surface area (Å²) in [4.78, 5) is 26.4. The Hall–Kier alpha value is -2.43. The molecule has 1 aliphatic heterocycles. The second-order valence-electron chi connectivity index (χ2n) is 6.83. The van der Waals surface area contributed by atoms with Crippen LogP contribution in [0.25, 0.3) is 0 Å². The van der Waals surface area contributed by atoms with Crippen LogP contribution in [0.5, 0.6) is 0 Å². The summed E-state index contributed by atoms with van der Waals surface area (Å²) < 4.78 is 0. The number of rotatable bonds is 5. The molecule has 0 spiro atoms. The van der Waals surface area contributed by atoms with Gasteiger partial charge in [-0.25, -0.2) is 9.97 Å². The fraction of sp³-hybridized carbons (Fsp3) is 0.476. The Labute approximate surface area is 156 Å². The van der Waals surface area contributed by atoms with E-state index in [0.717, 1.165) is 43.7 Å². The molecule has 1 aromatic carbocycles. The van der Waals surface area contributed by atoms with Crippen molar-refractivity contribution in [1.29, 1.82) is 0 Å². The van der Waals surface area contributed by atoms with Gasteiger partial charge in [-0.1, -0.05) is 25.1 Å². The SMILES string of the molecule is CCC1CCCCN1C(=O)c1cc(C)nc(N(CC)c2ccccc2)n1. The van der Waals surface area contributed by atoms with Gasteiger partial charge < -0.3 is 9.80 Å². The third-order valence-electron chi connectivity index (χ3n) is 5.05. The monoisotopic (exact) mass is 352 g/mol. The number of aryl methyl sites for hydroxylation is 1. The third kappa shape index (κ3) is 3.87. The summed E-state index contributed by atoms with van der Waals surface area (Å²) in [6.45, 7) is 7.71. The van der Waals surface area contributed by atoms with Crippen LogP contribution in [-0.4, -0.2) is 39.9 Å². The Bertz CT molecular complexity index is 747. The summed E-state index contributed by atoms with van der Waals surface area (Å²) >= 11 is 0. The number of likely N-dealkylation sites (tertiary alicyclic amines) is 1. The highest BCUT2D eigenvalue weighted by Crippen LogP contribution is 2.24. The van der Waals surface area contributed by atoms with Gasteiger partial charge >= 0.3 is 0 Å². The molecule has 0 N–H and O–H groups in total. The summed E-state index contributed by atoms with van der Waals surface area (Å²) in [7, 11) is 0. The maximum absolute atomic E-state index is 13.1. The quantitative estimate of drug-likeness (QED) is 0.803. The molecular formula is C21H28N4O. The van der Waals surface area contributed by atoms with Crippen LogP contribution >= 0.6 is 0 Å². The lowest BCUT2D eigenvalue weighted by molar-refractivity contribution is 0.0601. The summed E-state index contributed by atoms with van der Waals surface area (Å²) in [6, 6.07) is 12.2. The van der Waals surface area contributed by atoms with Crippen molar-refractivity contribution in [2.24, 2.45) is 0 Å². The first-order chi connectivity index (χ1) is 12.6. The number of amides is 1. The Balaban J connectivity index is 1.93. The second kappa shape index (κ2) is 8.30. The summed E-state index contributed by atoms with van der Waals surface area (Å²) in [5.74, 6) is 0.625. The van der Waals surface area contributed by atoms with Crippen LogP contribution in [0.2, 0.25) is 0 Å². The minimum atomic E-state index is 0.0346. The van der Waals surface area contributed by atoms with Crippen LogP contribution in [0.15, 0.2) is 36.4 Å². The van der Waals surface area contributed by atoms with E-state index in [4.69, 9.17) is 0 Å². The zero-order valence-corrected chi connectivity index (χ0v) is 16.0. The lowest BCUT2D eigenvalue weighted by Gasteiger charge is -2.35. The molecular weight excluding hydrogens is 324 g/mol. The molecule has 5 nitrogen and oxygen atoms in total. The largest absolute Gasteiger partial charge is 0.334 e. The predicted octanol–water partition coefficient (Wildman–Crippen LogP) is 4.35. The van der Waals surface area contributed by atoms with Crippen LogP contribution in [0.3, 0.4) is 0 Å². The van der Waals surface area contributed by atoms with Crippen LogP contribution in [-0.2, 0) is 0 Å². The van der Waals surface area contributed by atoms with Crippen molar-refractivity contribution in [2.45, 2.75) is 52.5 Å². The fourth-order valence-electron chi connectivity index (χ4n) is 3.67. The van der Waals surface area contributed by atoms with Gasteiger partial charge in [0.25, 0.3) is 5.91 Å². The number of para-hydroxylation sites is 1. The van der Waals surface area contributed by atoms with Crippen molar-refractivity contribution < 1.29 is 4.79 Å². The molecule has 1 saturated heterocycles. The zero-order chi connectivity index (χ0) is 18.5. The Morgan fingerprint density at radius 3 is 2.65 bits per heavy atom. The third-order valence-corrected chi connectivity index (χ3v) is 5.05.